The number of hydrogen-bond donors (Lipinski definition) is 3. The summed E-state index contributed by atoms with van der Waals surface area (Å²) in [7, 11) is 0. The highest BCUT2D eigenvalue weighted by Crippen LogP contribution is 2.39. The van der Waals surface area contributed by atoms with Crippen molar-refractivity contribution in [2.75, 3.05) is 18.0 Å². The molecule has 3 atom stereocenters. The molecule has 0 bridgehead atoms. The summed E-state index contributed by atoms with van der Waals surface area (Å²) in [5, 5.41) is 17.4. The molecule has 5 nitrogen and oxygen atoms in total. The Morgan fingerprint density at radius 2 is 2.28 bits per heavy atom. The van der Waals surface area contributed by atoms with Crippen molar-refractivity contribution in [2.24, 2.45) is 17.6 Å². The molecule has 1 saturated carbocycles. The molecule has 1 aromatic rings. The largest absolute Gasteiger partial charge is 0.393 e. The maximum atomic E-state index is 9.91. The summed E-state index contributed by atoms with van der Waals surface area (Å²) in [6.45, 7) is 1.82. The van der Waals surface area contributed by atoms with E-state index in [1.165, 1.54) is 0 Å². The second-order valence-electron chi connectivity index (χ2n) is 5.29. The van der Waals surface area contributed by atoms with Crippen LogP contribution in [0.5, 0.6) is 0 Å². The van der Waals surface area contributed by atoms with E-state index in [1.807, 2.05) is 6.07 Å². The molecule has 0 spiro atoms. The molecule has 0 radical (unpaired) electrons. The standard InChI is InChI=1S/C13H18N4O/c14-13(15)8-3-4-16-12(5-8)17-6-9-1-2-11(18)10(9)7-17/h3-5,9-11,18H,1-2,6-7H2,(H3,14,15). The molecule has 1 aromatic heterocycles. The number of pyridine rings is 1. The zero-order chi connectivity index (χ0) is 12.7. The van der Waals surface area contributed by atoms with Crippen LogP contribution in [0.3, 0.4) is 0 Å². The Balaban J connectivity index is 1.80. The Bertz CT molecular complexity index is 476. The molecule has 0 amide bonds. The van der Waals surface area contributed by atoms with E-state index in [9.17, 15) is 5.11 Å². The maximum Gasteiger partial charge on any atom is 0.129 e. The van der Waals surface area contributed by atoms with Gasteiger partial charge in [-0.2, -0.15) is 0 Å². The van der Waals surface area contributed by atoms with Crippen molar-refractivity contribution in [3.8, 4) is 0 Å². The maximum absolute atomic E-state index is 9.91. The molecule has 1 saturated heterocycles. The van der Waals surface area contributed by atoms with Crippen LogP contribution in [0.15, 0.2) is 18.3 Å². The molecule has 4 N–H and O–H groups in total. The SMILES string of the molecule is N=C(N)c1ccnc(N2CC3CCC(O)C3C2)c1. The number of hydrogen-bond acceptors (Lipinski definition) is 4. The van der Waals surface area contributed by atoms with Crippen LogP contribution in [0.1, 0.15) is 18.4 Å². The lowest BCUT2D eigenvalue weighted by atomic mass is 10.00. The summed E-state index contributed by atoms with van der Waals surface area (Å²) in [4.78, 5) is 6.55. The molecule has 5 heteroatoms. The van der Waals surface area contributed by atoms with Crippen LogP contribution in [-0.4, -0.2) is 35.1 Å². The van der Waals surface area contributed by atoms with Crippen molar-refractivity contribution >= 4 is 11.7 Å². The van der Waals surface area contributed by atoms with Gasteiger partial charge in [0.05, 0.1) is 6.10 Å². The summed E-state index contributed by atoms with van der Waals surface area (Å²) < 4.78 is 0. The number of amidine groups is 1. The van der Waals surface area contributed by atoms with E-state index in [1.54, 1.807) is 12.3 Å². The minimum atomic E-state index is -0.156. The molecule has 96 valence electrons. The average molecular weight is 246 g/mol. The number of aromatic nitrogens is 1. The summed E-state index contributed by atoms with van der Waals surface area (Å²) >= 11 is 0. The zero-order valence-electron chi connectivity index (χ0n) is 10.2. The lowest BCUT2D eigenvalue weighted by Crippen LogP contribution is -2.25. The first-order valence-corrected chi connectivity index (χ1v) is 6.38. The number of nitrogens with two attached hydrogens (primary N) is 1. The second-order valence-corrected chi connectivity index (χ2v) is 5.29. The number of rotatable bonds is 2. The first kappa shape index (κ1) is 11.5. The summed E-state index contributed by atoms with van der Waals surface area (Å²) in [6.07, 6.45) is 3.58. The lowest BCUT2D eigenvalue weighted by molar-refractivity contribution is 0.133. The van der Waals surface area contributed by atoms with Gasteiger partial charge in [-0.25, -0.2) is 4.98 Å². The normalized spacial score (nSPS) is 30.5. The monoisotopic (exact) mass is 246 g/mol. The fourth-order valence-electron chi connectivity index (χ4n) is 3.18. The van der Waals surface area contributed by atoms with Crippen LogP contribution in [-0.2, 0) is 0 Å². The van der Waals surface area contributed by atoms with E-state index in [0.717, 1.165) is 31.7 Å². The number of anilines is 1. The van der Waals surface area contributed by atoms with E-state index in [2.05, 4.69) is 9.88 Å². The number of fused-ring (bicyclic) bond motifs is 1. The molecular weight excluding hydrogens is 228 g/mol. The van der Waals surface area contributed by atoms with Gasteiger partial charge in [-0.3, -0.25) is 5.41 Å². The van der Waals surface area contributed by atoms with Crippen molar-refractivity contribution in [3.63, 3.8) is 0 Å². The Hall–Kier alpha value is -1.62. The minimum Gasteiger partial charge on any atom is -0.393 e. The molecule has 0 aromatic carbocycles. The van der Waals surface area contributed by atoms with E-state index in [4.69, 9.17) is 11.1 Å². The van der Waals surface area contributed by atoms with Crippen LogP contribution in [0.4, 0.5) is 5.82 Å². The van der Waals surface area contributed by atoms with Crippen molar-refractivity contribution < 1.29 is 5.11 Å². The van der Waals surface area contributed by atoms with Gasteiger partial charge in [-0.05, 0) is 30.9 Å². The van der Waals surface area contributed by atoms with Crippen molar-refractivity contribution in [2.45, 2.75) is 18.9 Å². The highest BCUT2D eigenvalue weighted by molar-refractivity contribution is 5.95. The van der Waals surface area contributed by atoms with Gasteiger partial charge in [0.1, 0.15) is 11.7 Å². The fourth-order valence-corrected chi connectivity index (χ4v) is 3.18. The van der Waals surface area contributed by atoms with Crippen molar-refractivity contribution in [1.82, 2.24) is 4.98 Å². The van der Waals surface area contributed by atoms with Gasteiger partial charge >= 0.3 is 0 Å². The Morgan fingerprint density at radius 1 is 1.44 bits per heavy atom. The van der Waals surface area contributed by atoms with E-state index in [0.29, 0.717) is 17.4 Å². The summed E-state index contributed by atoms with van der Waals surface area (Å²) in [6, 6.07) is 3.60. The van der Waals surface area contributed by atoms with Gasteiger partial charge in [-0.15, -0.1) is 0 Å². The Kier molecular flexibility index (Phi) is 2.70. The predicted molar refractivity (Wildman–Crippen MR) is 69.7 cm³/mol. The van der Waals surface area contributed by atoms with E-state index >= 15 is 0 Å². The summed E-state index contributed by atoms with van der Waals surface area (Å²) in [5.74, 6) is 1.90. The molecule has 2 heterocycles. The van der Waals surface area contributed by atoms with Gasteiger partial charge in [-0.1, -0.05) is 0 Å². The van der Waals surface area contributed by atoms with Gasteiger partial charge < -0.3 is 15.7 Å². The van der Waals surface area contributed by atoms with Gasteiger partial charge in [0.2, 0.25) is 0 Å². The topological polar surface area (TPSA) is 86.2 Å². The molecule has 18 heavy (non-hydrogen) atoms. The molecule has 1 aliphatic carbocycles. The smallest absolute Gasteiger partial charge is 0.129 e. The van der Waals surface area contributed by atoms with Gasteiger partial charge in [0.15, 0.2) is 0 Å². The second kappa shape index (κ2) is 4.24. The third kappa shape index (κ3) is 1.84. The number of nitrogens with one attached hydrogen (secondary N) is 1. The molecule has 1 aliphatic heterocycles. The zero-order valence-corrected chi connectivity index (χ0v) is 10.2. The highest BCUT2D eigenvalue weighted by atomic mass is 16.3. The highest BCUT2D eigenvalue weighted by Gasteiger charge is 2.42. The Morgan fingerprint density at radius 3 is 3.00 bits per heavy atom. The number of aliphatic hydroxyl groups is 1. The quantitative estimate of drug-likeness (QED) is 0.526. The Labute approximate surface area is 106 Å². The molecule has 3 rings (SSSR count). The van der Waals surface area contributed by atoms with Crippen LogP contribution in [0, 0.1) is 17.2 Å². The number of nitrogens with zero attached hydrogens (tertiary/aromatic N) is 2. The van der Waals surface area contributed by atoms with E-state index in [-0.39, 0.29) is 11.9 Å². The van der Waals surface area contributed by atoms with Crippen LogP contribution in [0.25, 0.3) is 0 Å². The van der Waals surface area contributed by atoms with Gasteiger partial charge in [0, 0.05) is 30.8 Å². The van der Waals surface area contributed by atoms with Crippen LogP contribution in [0.2, 0.25) is 0 Å². The molecule has 3 unspecified atom stereocenters. The fraction of sp³-hybridized carbons (Fsp3) is 0.538. The van der Waals surface area contributed by atoms with Crippen LogP contribution >= 0.6 is 0 Å². The van der Waals surface area contributed by atoms with E-state index < -0.39 is 0 Å². The molecule has 2 fully saturated rings. The average Bonchev–Trinajstić information content (AvgIpc) is 2.92. The van der Waals surface area contributed by atoms with Gasteiger partial charge in [0.25, 0.3) is 0 Å². The predicted octanol–water partition coefficient (Wildman–Crippen LogP) is 0.573. The first-order chi connectivity index (χ1) is 8.65. The lowest BCUT2D eigenvalue weighted by Gasteiger charge is -2.19. The third-order valence-corrected chi connectivity index (χ3v) is 4.20. The van der Waals surface area contributed by atoms with Crippen molar-refractivity contribution in [1.29, 1.82) is 5.41 Å². The first-order valence-electron chi connectivity index (χ1n) is 6.38. The van der Waals surface area contributed by atoms with Crippen LogP contribution < -0.4 is 10.6 Å². The molecular formula is C13H18N4O. The third-order valence-electron chi connectivity index (χ3n) is 4.20. The minimum absolute atomic E-state index is 0.0677. The number of aliphatic hydroxyl groups excluding tert-OH is 1. The summed E-state index contributed by atoms with van der Waals surface area (Å²) in [5.41, 5.74) is 6.20. The number of nitrogen functional groups attached to an aromatic ring is 1. The van der Waals surface area contributed by atoms with Crippen molar-refractivity contribution in [3.05, 3.63) is 23.9 Å². The molecule has 2 aliphatic rings.